The topological polar surface area (TPSA) is 95.1 Å². The fraction of sp³-hybridized carbons (Fsp3) is 0.944. The lowest BCUT2D eigenvalue weighted by atomic mass is 10.1. The highest BCUT2D eigenvalue weighted by Crippen LogP contribution is 2.18. The molecule has 3 N–H and O–H groups in total. The Balaban J connectivity index is 1.70. The minimum absolute atomic E-state index is 0.00340. The average Bonchev–Trinajstić information content (AvgIpc) is 3.01. The van der Waals surface area contributed by atoms with E-state index in [-0.39, 0.29) is 11.9 Å². The van der Waals surface area contributed by atoms with Crippen molar-refractivity contribution in [2.24, 2.45) is 10.9 Å². The maximum absolute atomic E-state index is 12.2. The summed E-state index contributed by atoms with van der Waals surface area (Å²) in [6, 6.07) is 0.843. The molecule has 0 bridgehead atoms. The van der Waals surface area contributed by atoms with Crippen LogP contribution in [0.15, 0.2) is 4.99 Å². The van der Waals surface area contributed by atoms with Crippen LogP contribution in [-0.2, 0) is 14.8 Å². The number of likely N-dealkylation sites (tertiary alicyclic amines) is 1. The first-order valence-corrected chi connectivity index (χ1v) is 11.8. The highest BCUT2D eigenvalue weighted by atomic mass is 32.2. The molecule has 2 aliphatic rings. The summed E-state index contributed by atoms with van der Waals surface area (Å²) in [7, 11) is -1.62. The molecule has 2 rings (SSSR count). The van der Waals surface area contributed by atoms with Crippen molar-refractivity contribution in [1.82, 2.24) is 20.3 Å². The molecule has 27 heavy (non-hydrogen) atoms. The second kappa shape index (κ2) is 10.6. The standard InChI is InChI=1S/C18H37N5O3S/c1-14(2)23-12-15(3)17(13-23)22-18(19-4)20-8-10-27(24,25)21-11-16-7-5-6-9-26-16/h14-17,21H,5-13H2,1-4H3,(H2,19,20,22). The van der Waals surface area contributed by atoms with Gasteiger partial charge in [0, 0.05) is 51.9 Å². The largest absolute Gasteiger partial charge is 0.377 e. The van der Waals surface area contributed by atoms with Crippen molar-refractivity contribution in [1.29, 1.82) is 0 Å². The van der Waals surface area contributed by atoms with Gasteiger partial charge in [-0.25, -0.2) is 13.1 Å². The summed E-state index contributed by atoms with van der Waals surface area (Å²) < 4.78 is 32.6. The smallest absolute Gasteiger partial charge is 0.213 e. The molecule has 0 amide bonds. The van der Waals surface area contributed by atoms with Crippen LogP contribution < -0.4 is 15.4 Å². The van der Waals surface area contributed by atoms with E-state index in [0.717, 1.165) is 39.0 Å². The second-order valence-corrected chi connectivity index (χ2v) is 9.86. The Kier molecular flexibility index (Phi) is 8.78. The molecule has 158 valence electrons. The normalized spacial score (nSPS) is 27.9. The van der Waals surface area contributed by atoms with Crippen LogP contribution in [0.5, 0.6) is 0 Å². The van der Waals surface area contributed by atoms with Crippen LogP contribution in [0.3, 0.4) is 0 Å². The number of ether oxygens (including phenoxy) is 1. The minimum Gasteiger partial charge on any atom is -0.377 e. The van der Waals surface area contributed by atoms with E-state index in [1.54, 1.807) is 7.05 Å². The lowest BCUT2D eigenvalue weighted by molar-refractivity contribution is 0.0200. The third-order valence-electron chi connectivity index (χ3n) is 5.38. The van der Waals surface area contributed by atoms with E-state index in [9.17, 15) is 8.42 Å². The van der Waals surface area contributed by atoms with E-state index < -0.39 is 10.0 Å². The van der Waals surface area contributed by atoms with Gasteiger partial charge in [-0.05, 0) is 39.0 Å². The number of guanidine groups is 1. The summed E-state index contributed by atoms with van der Waals surface area (Å²) >= 11 is 0. The molecular weight excluding hydrogens is 366 g/mol. The Bertz CT molecular complexity index is 576. The van der Waals surface area contributed by atoms with Gasteiger partial charge in [-0.2, -0.15) is 0 Å². The molecule has 8 nitrogen and oxygen atoms in total. The molecule has 0 aromatic rings. The van der Waals surface area contributed by atoms with Gasteiger partial charge in [0.2, 0.25) is 10.0 Å². The summed E-state index contributed by atoms with van der Waals surface area (Å²) in [5, 5.41) is 6.56. The molecule has 0 aromatic carbocycles. The van der Waals surface area contributed by atoms with Crippen LogP contribution in [-0.4, -0.2) is 83.1 Å². The van der Waals surface area contributed by atoms with Gasteiger partial charge in [0.05, 0.1) is 11.9 Å². The zero-order chi connectivity index (χ0) is 19.9. The zero-order valence-corrected chi connectivity index (χ0v) is 18.0. The Hall–Kier alpha value is -0.900. The molecule has 0 saturated carbocycles. The molecule has 0 spiro atoms. The zero-order valence-electron chi connectivity index (χ0n) is 17.2. The first kappa shape index (κ1) is 22.4. The van der Waals surface area contributed by atoms with Crippen LogP contribution in [0.4, 0.5) is 0 Å². The van der Waals surface area contributed by atoms with Gasteiger partial charge in [-0.1, -0.05) is 6.92 Å². The quantitative estimate of drug-likeness (QED) is 0.400. The Labute approximate surface area is 164 Å². The first-order chi connectivity index (χ1) is 12.8. The average molecular weight is 404 g/mol. The molecule has 3 unspecified atom stereocenters. The van der Waals surface area contributed by atoms with Crippen molar-refractivity contribution in [2.45, 2.75) is 58.2 Å². The molecule has 0 aromatic heterocycles. The molecule has 0 radical (unpaired) electrons. The van der Waals surface area contributed by atoms with Crippen LogP contribution in [0.2, 0.25) is 0 Å². The summed E-state index contributed by atoms with van der Waals surface area (Å²) in [4.78, 5) is 6.68. The van der Waals surface area contributed by atoms with E-state index in [1.165, 1.54) is 0 Å². The van der Waals surface area contributed by atoms with E-state index >= 15 is 0 Å². The summed E-state index contributed by atoms with van der Waals surface area (Å²) in [5.74, 6) is 1.19. The molecule has 2 fully saturated rings. The lowest BCUT2D eigenvalue weighted by Crippen LogP contribution is -2.48. The molecular formula is C18H37N5O3S. The fourth-order valence-electron chi connectivity index (χ4n) is 3.55. The number of hydrogen-bond acceptors (Lipinski definition) is 5. The van der Waals surface area contributed by atoms with Gasteiger partial charge in [0.15, 0.2) is 5.96 Å². The highest BCUT2D eigenvalue weighted by molar-refractivity contribution is 7.89. The number of nitrogens with one attached hydrogen (secondary N) is 3. The van der Waals surface area contributed by atoms with Gasteiger partial charge >= 0.3 is 0 Å². The van der Waals surface area contributed by atoms with Crippen LogP contribution >= 0.6 is 0 Å². The third-order valence-corrected chi connectivity index (χ3v) is 6.73. The maximum atomic E-state index is 12.2. The van der Waals surface area contributed by atoms with Crippen molar-refractivity contribution >= 4 is 16.0 Å². The first-order valence-electron chi connectivity index (χ1n) is 10.1. The summed E-state index contributed by atoms with van der Waals surface area (Å²) in [6.45, 7) is 10.1. The van der Waals surface area contributed by atoms with Crippen molar-refractivity contribution in [2.75, 3.05) is 45.6 Å². The summed E-state index contributed by atoms with van der Waals surface area (Å²) in [5.41, 5.74) is 0. The Morgan fingerprint density at radius 1 is 1.30 bits per heavy atom. The van der Waals surface area contributed by atoms with Gasteiger partial charge < -0.3 is 15.4 Å². The monoisotopic (exact) mass is 403 g/mol. The summed E-state index contributed by atoms with van der Waals surface area (Å²) in [6.07, 6.45) is 3.09. The van der Waals surface area contributed by atoms with Crippen molar-refractivity contribution in [3.63, 3.8) is 0 Å². The van der Waals surface area contributed by atoms with E-state index in [1.807, 2.05) is 0 Å². The molecule has 2 saturated heterocycles. The molecule has 3 atom stereocenters. The highest BCUT2D eigenvalue weighted by Gasteiger charge is 2.31. The fourth-order valence-corrected chi connectivity index (χ4v) is 4.50. The Morgan fingerprint density at radius 2 is 2.07 bits per heavy atom. The van der Waals surface area contributed by atoms with E-state index in [0.29, 0.717) is 37.1 Å². The molecule has 2 heterocycles. The van der Waals surface area contributed by atoms with E-state index in [4.69, 9.17) is 4.74 Å². The SMILES string of the molecule is CN=C(NCCS(=O)(=O)NCC1CCCCO1)NC1CN(C(C)C)CC1C. The van der Waals surface area contributed by atoms with E-state index in [2.05, 4.69) is 46.0 Å². The van der Waals surface area contributed by atoms with Crippen LogP contribution in [0.25, 0.3) is 0 Å². The number of rotatable bonds is 8. The van der Waals surface area contributed by atoms with Gasteiger partial charge in [0.25, 0.3) is 0 Å². The third kappa shape index (κ3) is 7.56. The predicted octanol–water partition coefficient (Wildman–Crippen LogP) is 0.369. The molecule has 2 aliphatic heterocycles. The van der Waals surface area contributed by atoms with Crippen molar-refractivity contribution in [3.8, 4) is 0 Å². The van der Waals surface area contributed by atoms with Crippen LogP contribution in [0, 0.1) is 5.92 Å². The number of aliphatic imine (C=N–C) groups is 1. The lowest BCUT2D eigenvalue weighted by Gasteiger charge is -2.23. The number of nitrogens with zero attached hydrogens (tertiary/aromatic N) is 2. The number of hydrogen-bond donors (Lipinski definition) is 3. The Morgan fingerprint density at radius 3 is 2.67 bits per heavy atom. The second-order valence-electron chi connectivity index (χ2n) is 7.93. The molecule has 0 aliphatic carbocycles. The van der Waals surface area contributed by atoms with Gasteiger partial charge in [-0.15, -0.1) is 0 Å². The molecule has 9 heteroatoms. The van der Waals surface area contributed by atoms with Gasteiger partial charge in [-0.3, -0.25) is 9.89 Å². The van der Waals surface area contributed by atoms with Crippen molar-refractivity contribution < 1.29 is 13.2 Å². The minimum atomic E-state index is -3.33. The van der Waals surface area contributed by atoms with Gasteiger partial charge in [0.1, 0.15) is 0 Å². The number of sulfonamides is 1. The van der Waals surface area contributed by atoms with Crippen molar-refractivity contribution in [3.05, 3.63) is 0 Å². The van der Waals surface area contributed by atoms with Crippen LogP contribution in [0.1, 0.15) is 40.0 Å². The maximum Gasteiger partial charge on any atom is 0.213 e. The predicted molar refractivity (Wildman–Crippen MR) is 110 cm³/mol.